The highest BCUT2D eigenvalue weighted by Gasteiger charge is 2.19. The molecule has 0 unspecified atom stereocenters. The van der Waals surface area contributed by atoms with E-state index in [1.165, 1.54) is 0 Å². The van der Waals surface area contributed by atoms with Crippen LogP contribution >= 0.6 is 0 Å². The largest absolute Gasteiger partial charge is 0.334 e. The summed E-state index contributed by atoms with van der Waals surface area (Å²) in [7, 11) is 0. The van der Waals surface area contributed by atoms with Gasteiger partial charge in [-0.1, -0.05) is 12.2 Å². The SMILES string of the molecule is C=C(C)CNC(=O)Nc1cc(C#N)cn1C(C)(C)C. The average molecular weight is 260 g/mol. The van der Waals surface area contributed by atoms with E-state index in [4.69, 9.17) is 5.26 Å². The van der Waals surface area contributed by atoms with Crippen LogP contribution in [0.2, 0.25) is 0 Å². The van der Waals surface area contributed by atoms with Crippen molar-refractivity contribution in [2.24, 2.45) is 0 Å². The van der Waals surface area contributed by atoms with Crippen molar-refractivity contribution >= 4 is 11.8 Å². The van der Waals surface area contributed by atoms with Crippen molar-refractivity contribution < 1.29 is 4.79 Å². The van der Waals surface area contributed by atoms with Crippen LogP contribution in [-0.2, 0) is 5.54 Å². The van der Waals surface area contributed by atoms with E-state index >= 15 is 0 Å². The van der Waals surface area contributed by atoms with Gasteiger partial charge in [0.1, 0.15) is 11.9 Å². The summed E-state index contributed by atoms with van der Waals surface area (Å²) in [6, 6.07) is 3.43. The van der Waals surface area contributed by atoms with Gasteiger partial charge >= 0.3 is 6.03 Å². The van der Waals surface area contributed by atoms with Crippen molar-refractivity contribution in [2.75, 3.05) is 11.9 Å². The van der Waals surface area contributed by atoms with Crippen LogP contribution in [0, 0.1) is 11.3 Å². The maximum absolute atomic E-state index is 11.7. The van der Waals surface area contributed by atoms with E-state index in [-0.39, 0.29) is 11.6 Å². The van der Waals surface area contributed by atoms with Crippen LogP contribution in [0.1, 0.15) is 33.3 Å². The zero-order chi connectivity index (χ0) is 14.6. The summed E-state index contributed by atoms with van der Waals surface area (Å²) in [5, 5.41) is 14.4. The molecule has 0 aromatic carbocycles. The maximum Gasteiger partial charge on any atom is 0.320 e. The van der Waals surface area contributed by atoms with Crippen molar-refractivity contribution in [1.82, 2.24) is 9.88 Å². The molecule has 0 spiro atoms. The molecule has 1 aromatic rings. The minimum atomic E-state index is -0.309. The first-order chi connectivity index (χ1) is 8.74. The predicted octanol–water partition coefficient (Wildman–Crippen LogP) is 2.81. The number of nitriles is 1. The number of hydrogen-bond donors (Lipinski definition) is 2. The average Bonchev–Trinajstić information content (AvgIpc) is 2.69. The topological polar surface area (TPSA) is 69.8 Å². The summed E-state index contributed by atoms with van der Waals surface area (Å²) < 4.78 is 1.87. The first kappa shape index (κ1) is 14.8. The highest BCUT2D eigenvalue weighted by molar-refractivity contribution is 5.88. The Bertz CT molecular complexity index is 529. The second-order valence-corrected chi connectivity index (χ2v) is 5.53. The number of amides is 2. The fourth-order valence-electron chi connectivity index (χ4n) is 1.57. The molecule has 1 heterocycles. The van der Waals surface area contributed by atoms with E-state index in [0.29, 0.717) is 17.9 Å². The van der Waals surface area contributed by atoms with Crippen molar-refractivity contribution in [3.05, 3.63) is 30.0 Å². The number of carbonyl (C=O) groups excluding carboxylic acids is 1. The van der Waals surface area contributed by atoms with E-state index in [9.17, 15) is 4.79 Å². The van der Waals surface area contributed by atoms with Crippen molar-refractivity contribution in [1.29, 1.82) is 5.26 Å². The second kappa shape index (κ2) is 5.61. The number of rotatable bonds is 3. The number of anilines is 1. The van der Waals surface area contributed by atoms with Gasteiger partial charge in [0, 0.05) is 18.3 Å². The molecule has 2 N–H and O–H groups in total. The Morgan fingerprint density at radius 2 is 2.16 bits per heavy atom. The van der Waals surface area contributed by atoms with Gasteiger partial charge in [0.15, 0.2) is 0 Å². The number of hydrogen-bond acceptors (Lipinski definition) is 2. The standard InChI is InChI=1S/C14H20N4O/c1-10(2)8-16-13(19)17-12-6-11(7-15)9-18(12)14(3,4)5/h6,9H,1,8H2,2-5H3,(H2,16,17,19). The van der Waals surface area contributed by atoms with Gasteiger partial charge in [0.2, 0.25) is 0 Å². The van der Waals surface area contributed by atoms with Gasteiger partial charge in [-0.3, -0.25) is 5.32 Å². The van der Waals surface area contributed by atoms with Crippen LogP contribution < -0.4 is 10.6 Å². The molecular weight excluding hydrogens is 240 g/mol. The Hall–Kier alpha value is -2.22. The molecule has 1 aromatic heterocycles. The number of carbonyl (C=O) groups is 1. The summed E-state index contributed by atoms with van der Waals surface area (Å²) in [6.07, 6.45) is 1.73. The molecule has 0 aliphatic carbocycles. The van der Waals surface area contributed by atoms with Gasteiger partial charge < -0.3 is 9.88 Å². The minimum Gasteiger partial charge on any atom is -0.334 e. The van der Waals surface area contributed by atoms with Gasteiger partial charge in [0.05, 0.1) is 5.56 Å². The monoisotopic (exact) mass is 260 g/mol. The van der Waals surface area contributed by atoms with Gasteiger partial charge in [0.25, 0.3) is 0 Å². The van der Waals surface area contributed by atoms with E-state index in [1.807, 2.05) is 32.3 Å². The van der Waals surface area contributed by atoms with Crippen molar-refractivity contribution in [3.8, 4) is 6.07 Å². The normalized spacial score (nSPS) is 10.7. The Morgan fingerprint density at radius 1 is 1.53 bits per heavy atom. The summed E-state index contributed by atoms with van der Waals surface area (Å²) in [4.78, 5) is 11.7. The lowest BCUT2D eigenvalue weighted by Gasteiger charge is -2.24. The van der Waals surface area contributed by atoms with Crippen LogP contribution in [0.5, 0.6) is 0 Å². The summed E-state index contributed by atoms with van der Waals surface area (Å²) in [5.74, 6) is 0.600. The molecule has 0 bridgehead atoms. The number of aromatic nitrogens is 1. The fraction of sp³-hybridized carbons (Fsp3) is 0.429. The lowest BCUT2D eigenvalue weighted by molar-refractivity contribution is 0.252. The molecule has 0 fully saturated rings. The maximum atomic E-state index is 11.7. The van der Waals surface area contributed by atoms with Crippen LogP contribution in [0.4, 0.5) is 10.6 Å². The molecule has 5 nitrogen and oxygen atoms in total. The Morgan fingerprint density at radius 3 is 2.63 bits per heavy atom. The smallest absolute Gasteiger partial charge is 0.320 e. The number of nitrogens with one attached hydrogen (secondary N) is 2. The van der Waals surface area contributed by atoms with E-state index in [0.717, 1.165) is 5.57 Å². The van der Waals surface area contributed by atoms with Gasteiger partial charge in [-0.05, 0) is 33.8 Å². The summed E-state index contributed by atoms with van der Waals surface area (Å²) in [6.45, 7) is 12.0. The van der Waals surface area contributed by atoms with Gasteiger partial charge in [-0.2, -0.15) is 5.26 Å². The highest BCUT2D eigenvalue weighted by Crippen LogP contribution is 2.23. The minimum absolute atomic E-state index is 0.216. The Kier molecular flexibility index (Phi) is 4.38. The number of urea groups is 1. The zero-order valence-electron chi connectivity index (χ0n) is 11.9. The van der Waals surface area contributed by atoms with Crippen LogP contribution in [0.25, 0.3) is 0 Å². The predicted molar refractivity (Wildman–Crippen MR) is 76.0 cm³/mol. The Balaban J connectivity index is 2.89. The van der Waals surface area contributed by atoms with Crippen LogP contribution in [-0.4, -0.2) is 17.1 Å². The molecule has 0 saturated carbocycles. The summed E-state index contributed by atoms with van der Waals surface area (Å²) in [5.41, 5.74) is 1.18. The number of nitrogens with zero attached hydrogens (tertiary/aromatic N) is 2. The second-order valence-electron chi connectivity index (χ2n) is 5.53. The molecule has 0 radical (unpaired) electrons. The van der Waals surface area contributed by atoms with E-state index in [2.05, 4.69) is 23.3 Å². The lowest BCUT2D eigenvalue weighted by Crippen LogP contribution is -2.32. The highest BCUT2D eigenvalue weighted by atomic mass is 16.2. The molecule has 19 heavy (non-hydrogen) atoms. The first-order valence-corrected chi connectivity index (χ1v) is 6.06. The molecule has 1 rings (SSSR count). The van der Waals surface area contributed by atoms with E-state index in [1.54, 1.807) is 12.3 Å². The molecular formula is C14H20N4O. The molecule has 0 atom stereocenters. The lowest BCUT2D eigenvalue weighted by atomic mass is 10.1. The van der Waals surface area contributed by atoms with Crippen LogP contribution in [0.15, 0.2) is 24.4 Å². The molecule has 0 aliphatic heterocycles. The van der Waals surface area contributed by atoms with E-state index < -0.39 is 0 Å². The van der Waals surface area contributed by atoms with Gasteiger partial charge in [-0.25, -0.2) is 4.79 Å². The molecule has 0 saturated heterocycles. The first-order valence-electron chi connectivity index (χ1n) is 6.06. The molecule has 0 aliphatic rings. The fourth-order valence-corrected chi connectivity index (χ4v) is 1.57. The van der Waals surface area contributed by atoms with Crippen molar-refractivity contribution in [2.45, 2.75) is 33.2 Å². The third-order valence-electron chi connectivity index (χ3n) is 2.46. The zero-order valence-corrected chi connectivity index (χ0v) is 11.9. The van der Waals surface area contributed by atoms with Crippen molar-refractivity contribution in [3.63, 3.8) is 0 Å². The Labute approximate surface area is 113 Å². The quantitative estimate of drug-likeness (QED) is 0.820. The molecule has 2 amide bonds. The third-order valence-corrected chi connectivity index (χ3v) is 2.46. The van der Waals surface area contributed by atoms with Crippen LogP contribution in [0.3, 0.4) is 0 Å². The molecule has 102 valence electrons. The molecule has 5 heteroatoms. The van der Waals surface area contributed by atoms with Gasteiger partial charge in [-0.15, -0.1) is 0 Å². The third kappa shape index (κ3) is 4.18. The summed E-state index contributed by atoms with van der Waals surface area (Å²) >= 11 is 0.